The van der Waals surface area contributed by atoms with E-state index in [9.17, 15) is 14.7 Å². The normalized spacial score (nSPS) is 44.8. The summed E-state index contributed by atoms with van der Waals surface area (Å²) in [4.78, 5) is 27.1. The fourth-order valence-corrected chi connectivity index (χ4v) is 8.41. The highest BCUT2D eigenvalue weighted by Crippen LogP contribution is 2.54. The third-order valence-corrected chi connectivity index (χ3v) is 10.8. The summed E-state index contributed by atoms with van der Waals surface area (Å²) in [5, 5.41) is 11.0. The van der Waals surface area contributed by atoms with Gasteiger partial charge < -0.3 is 33.5 Å². The Morgan fingerprint density at radius 2 is 1.73 bits per heavy atom. The Labute approximate surface area is 262 Å². The van der Waals surface area contributed by atoms with Crippen molar-refractivity contribution in [3.63, 3.8) is 0 Å². The first-order chi connectivity index (χ1) is 21.2. The molecule has 3 aliphatic carbocycles. The van der Waals surface area contributed by atoms with Crippen LogP contribution in [0.5, 0.6) is 0 Å². The number of ketones is 1. The van der Waals surface area contributed by atoms with Gasteiger partial charge in [0.25, 0.3) is 0 Å². The molecule has 9 heteroatoms. The van der Waals surface area contributed by atoms with E-state index < -0.39 is 24.4 Å². The van der Waals surface area contributed by atoms with E-state index in [-0.39, 0.29) is 72.4 Å². The summed E-state index contributed by atoms with van der Waals surface area (Å²) in [7, 11) is 4.93. The van der Waals surface area contributed by atoms with Gasteiger partial charge in [0.2, 0.25) is 0 Å². The van der Waals surface area contributed by atoms with E-state index in [4.69, 9.17) is 28.4 Å². The number of Topliss-reactive ketones (excluding diaryl/α,β-unsaturated/α-hetero) is 1. The zero-order valence-corrected chi connectivity index (χ0v) is 27.1. The van der Waals surface area contributed by atoms with Crippen molar-refractivity contribution in [1.29, 1.82) is 0 Å². The molecule has 0 bridgehead atoms. The molecule has 0 aromatic carbocycles. The third-order valence-electron chi connectivity index (χ3n) is 10.8. The molecule has 0 aromatic heterocycles. The Morgan fingerprint density at radius 3 is 2.43 bits per heavy atom. The van der Waals surface area contributed by atoms with Crippen LogP contribution in [0.2, 0.25) is 0 Å². The largest absolute Gasteiger partial charge is 0.458 e. The molecule has 3 fully saturated rings. The Kier molecular flexibility index (Phi) is 11.2. The number of fused-ring (bicyclic) bond motifs is 5. The van der Waals surface area contributed by atoms with Crippen molar-refractivity contribution in [2.45, 2.75) is 115 Å². The number of allylic oxidation sites excluding steroid dienone is 5. The molecule has 5 rings (SSSR count). The number of hydrogen-bond acceptors (Lipinski definition) is 9. The van der Waals surface area contributed by atoms with Crippen LogP contribution in [-0.4, -0.2) is 87.2 Å². The number of methoxy groups -OCH3 is 3. The maximum absolute atomic E-state index is 13.8. The van der Waals surface area contributed by atoms with E-state index in [1.807, 2.05) is 32.9 Å². The first kappa shape index (κ1) is 33.5. The molecule has 246 valence electrons. The van der Waals surface area contributed by atoms with Gasteiger partial charge in [0.1, 0.15) is 24.4 Å². The lowest BCUT2D eigenvalue weighted by Crippen LogP contribution is -2.59. The van der Waals surface area contributed by atoms with Crippen LogP contribution >= 0.6 is 0 Å². The van der Waals surface area contributed by atoms with E-state index in [1.54, 1.807) is 21.3 Å². The Balaban J connectivity index is 1.34. The second-order valence-corrected chi connectivity index (χ2v) is 13.4. The number of esters is 1. The average molecular weight is 617 g/mol. The predicted octanol–water partition coefficient (Wildman–Crippen LogP) is 4.56. The molecule has 0 spiro atoms. The van der Waals surface area contributed by atoms with Crippen LogP contribution < -0.4 is 0 Å². The highest BCUT2D eigenvalue weighted by Gasteiger charge is 2.52. The van der Waals surface area contributed by atoms with Crippen molar-refractivity contribution < 1.29 is 43.1 Å². The van der Waals surface area contributed by atoms with Crippen LogP contribution in [0.25, 0.3) is 0 Å². The van der Waals surface area contributed by atoms with Gasteiger partial charge in [-0.2, -0.15) is 0 Å². The van der Waals surface area contributed by atoms with Crippen molar-refractivity contribution in [2.75, 3.05) is 21.3 Å². The van der Waals surface area contributed by atoms with Crippen molar-refractivity contribution in [3.8, 4) is 0 Å². The van der Waals surface area contributed by atoms with Crippen LogP contribution in [-0.2, 0) is 38.0 Å². The van der Waals surface area contributed by atoms with Crippen molar-refractivity contribution in [2.24, 2.45) is 35.5 Å². The number of aliphatic hydroxyl groups is 1. The van der Waals surface area contributed by atoms with Gasteiger partial charge in [-0.1, -0.05) is 38.2 Å². The molecule has 0 aromatic rings. The van der Waals surface area contributed by atoms with E-state index in [0.29, 0.717) is 30.8 Å². The smallest absolute Gasteiger partial charge is 0.307 e. The molecule has 14 atom stereocenters. The van der Waals surface area contributed by atoms with Gasteiger partial charge in [0.15, 0.2) is 12.1 Å². The first-order valence-corrected chi connectivity index (χ1v) is 16.6. The summed E-state index contributed by atoms with van der Waals surface area (Å²) >= 11 is 0. The topological polar surface area (TPSA) is 110 Å². The maximum atomic E-state index is 13.8. The average Bonchev–Trinajstić information content (AvgIpc) is 3.58. The van der Waals surface area contributed by atoms with Crippen LogP contribution in [0, 0.1) is 35.5 Å². The van der Waals surface area contributed by atoms with Crippen molar-refractivity contribution in [1.82, 2.24) is 0 Å². The number of carbonyl (C=O) groups is 2. The number of ether oxygens (including phenoxy) is 6. The van der Waals surface area contributed by atoms with Gasteiger partial charge in [-0.25, -0.2) is 0 Å². The number of cyclic esters (lactones) is 1. The molecule has 1 N–H and O–H groups in total. The molecule has 0 radical (unpaired) electrons. The predicted molar refractivity (Wildman–Crippen MR) is 163 cm³/mol. The minimum Gasteiger partial charge on any atom is -0.458 e. The molecule has 14 unspecified atom stereocenters. The van der Waals surface area contributed by atoms with Crippen LogP contribution in [0.15, 0.2) is 36.0 Å². The molecule has 1 saturated carbocycles. The van der Waals surface area contributed by atoms with E-state index in [1.165, 1.54) is 0 Å². The molecular weight excluding hydrogens is 564 g/mol. The van der Waals surface area contributed by atoms with Gasteiger partial charge in [-0.3, -0.25) is 9.59 Å². The van der Waals surface area contributed by atoms with Gasteiger partial charge >= 0.3 is 5.97 Å². The minimum absolute atomic E-state index is 0.0245. The summed E-state index contributed by atoms with van der Waals surface area (Å²) in [6.07, 6.45) is 12.1. The Morgan fingerprint density at radius 1 is 0.977 bits per heavy atom. The standard InChI is InChI=1S/C35H52O9/c1-7-8-10-22-11-9-12-29(36)19(2)31(38)28-17-26-24(27(28)18-30(37)43-22)14-13-21-15-23(16-25(21)26)44-35-34(41-6)33(40-5)32(39-4)20(3)42-35/h8,10,13-14,17,19-27,29,32-36H,7,9,11-12,15-16,18H2,1-6H3. The number of aliphatic hydroxyl groups excluding tert-OH is 1. The van der Waals surface area contributed by atoms with Crippen LogP contribution in [0.3, 0.4) is 0 Å². The Bertz CT molecular complexity index is 1100. The third kappa shape index (κ3) is 6.79. The fraction of sp³-hybridized carbons (Fsp3) is 0.771. The highest BCUT2D eigenvalue weighted by atomic mass is 16.7. The van der Waals surface area contributed by atoms with Crippen LogP contribution in [0.1, 0.15) is 65.7 Å². The summed E-state index contributed by atoms with van der Waals surface area (Å²) in [5.74, 6) is -0.420. The van der Waals surface area contributed by atoms with Crippen molar-refractivity contribution >= 4 is 11.8 Å². The molecular formula is C35H52O9. The number of carbonyl (C=O) groups excluding carboxylic acids is 2. The van der Waals surface area contributed by atoms with Crippen molar-refractivity contribution in [3.05, 3.63) is 36.0 Å². The second kappa shape index (κ2) is 14.7. The van der Waals surface area contributed by atoms with Gasteiger partial charge in [0.05, 0.1) is 24.7 Å². The fourth-order valence-electron chi connectivity index (χ4n) is 8.41. The SMILES string of the molecule is CCC=CC1CCCC(O)C(C)C(=O)C2=CC3C(C=CC4CC(OC5OC(C)C(OC)C(OC)C5OC)CC43)C2CC(=O)O1. The Hall–Kier alpha value is -1.88. The monoisotopic (exact) mass is 616 g/mol. The molecule has 2 heterocycles. The van der Waals surface area contributed by atoms with Gasteiger partial charge in [0, 0.05) is 33.2 Å². The quantitative estimate of drug-likeness (QED) is 0.325. The molecule has 5 aliphatic rings. The second-order valence-electron chi connectivity index (χ2n) is 13.4. The number of hydrogen-bond donors (Lipinski definition) is 1. The lowest BCUT2D eigenvalue weighted by Gasteiger charge is -2.44. The van der Waals surface area contributed by atoms with Gasteiger partial charge in [-0.05, 0) is 80.8 Å². The summed E-state index contributed by atoms with van der Waals surface area (Å²) < 4.78 is 36.0. The van der Waals surface area contributed by atoms with E-state index >= 15 is 0 Å². The molecule has 9 nitrogen and oxygen atoms in total. The zero-order chi connectivity index (χ0) is 31.5. The molecule has 2 aliphatic heterocycles. The lowest BCUT2D eigenvalue weighted by atomic mass is 9.70. The minimum atomic E-state index is -0.731. The summed E-state index contributed by atoms with van der Waals surface area (Å²) in [5.41, 5.74) is 0.678. The molecule has 0 amide bonds. The number of rotatable bonds is 7. The van der Waals surface area contributed by atoms with E-state index in [0.717, 1.165) is 19.3 Å². The summed E-state index contributed by atoms with van der Waals surface area (Å²) in [6, 6.07) is 0. The molecule has 44 heavy (non-hydrogen) atoms. The maximum Gasteiger partial charge on any atom is 0.307 e. The summed E-state index contributed by atoms with van der Waals surface area (Å²) in [6.45, 7) is 5.83. The molecule has 2 saturated heterocycles. The van der Waals surface area contributed by atoms with E-state index in [2.05, 4.69) is 18.2 Å². The zero-order valence-electron chi connectivity index (χ0n) is 27.1. The highest BCUT2D eigenvalue weighted by molar-refractivity contribution is 5.99. The van der Waals surface area contributed by atoms with Gasteiger partial charge in [-0.15, -0.1) is 0 Å². The first-order valence-electron chi connectivity index (χ1n) is 16.6. The lowest BCUT2D eigenvalue weighted by molar-refractivity contribution is -0.314. The van der Waals surface area contributed by atoms with Crippen LogP contribution in [0.4, 0.5) is 0 Å².